The summed E-state index contributed by atoms with van der Waals surface area (Å²) in [5, 5.41) is 0. The van der Waals surface area contributed by atoms with Gasteiger partial charge in [-0.2, -0.15) is 0 Å². The van der Waals surface area contributed by atoms with E-state index in [1.54, 1.807) is 0 Å². The fourth-order valence-electron chi connectivity index (χ4n) is 4.32. The number of hydrogen-bond donors (Lipinski definition) is 1. The van der Waals surface area contributed by atoms with Gasteiger partial charge in [0, 0.05) is 18.9 Å². The summed E-state index contributed by atoms with van der Waals surface area (Å²) in [6, 6.07) is 1.29. The van der Waals surface area contributed by atoms with E-state index in [4.69, 9.17) is 25.4 Å². The van der Waals surface area contributed by atoms with Crippen molar-refractivity contribution in [3.8, 4) is 12.3 Å². The lowest BCUT2D eigenvalue weighted by molar-refractivity contribution is -0.109. The van der Waals surface area contributed by atoms with Crippen LogP contribution in [0.4, 0.5) is 0 Å². The van der Waals surface area contributed by atoms with Crippen LogP contribution >= 0.6 is 0 Å². The van der Waals surface area contributed by atoms with Gasteiger partial charge in [0.15, 0.2) is 6.23 Å². The highest BCUT2D eigenvalue weighted by Gasteiger charge is 2.48. The number of rotatable bonds is 17. The number of unbranched alkanes of at least 4 members (excludes halogenated alkanes) is 4. The highest BCUT2D eigenvalue weighted by molar-refractivity contribution is 4.97. The Kier molecular flexibility index (Phi) is 13.2. The summed E-state index contributed by atoms with van der Waals surface area (Å²) in [5.74, 6) is 2.50. The smallest absolute Gasteiger partial charge is 0.330 e. The van der Waals surface area contributed by atoms with Crippen LogP contribution in [-0.4, -0.2) is 53.8 Å². The van der Waals surface area contributed by atoms with Crippen molar-refractivity contribution < 1.29 is 18.9 Å². The van der Waals surface area contributed by atoms with Crippen molar-refractivity contribution in [3.63, 3.8) is 0 Å². The van der Waals surface area contributed by atoms with Crippen molar-refractivity contribution >= 4 is 0 Å². The van der Waals surface area contributed by atoms with Gasteiger partial charge >= 0.3 is 5.69 Å². The van der Waals surface area contributed by atoms with E-state index in [1.165, 1.54) is 42.5 Å². The average molecular weight is 479 g/mol. The molecule has 0 radical (unpaired) electrons. The van der Waals surface area contributed by atoms with Gasteiger partial charge in [-0.25, -0.2) is 4.79 Å². The molecule has 192 valence electrons. The highest BCUT2D eigenvalue weighted by Crippen LogP contribution is 2.35. The molecule has 5 atom stereocenters. The Bertz CT molecular complexity index is 845. The summed E-state index contributed by atoms with van der Waals surface area (Å²) in [6.45, 7) is 7.38. The lowest BCUT2D eigenvalue weighted by Gasteiger charge is -2.29. The van der Waals surface area contributed by atoms with Crippen LogP contribution in [0.5, 0.6) is 0 Å². The van der Waals surface area contributed by atoms with Crippen LogP contribution in [-0.2, 0) is 18.9 Å². The molecule has 1 aliphatic heterocycles. The molecule has 2 heterocycles. The van der Waals surface area contributed by atoms with Crippen molar-refractivity contribution in [2.75, 3.05) is 19.8 Å². The normalized spacial score (nSPS) is 23.1. The fourth-order valence-corrected chi connectivity index (χ4v) is 4.32. The minimum Gasteiger partial charge on any atom is -0.379 e. The molecule has 1 aromatic rings. The molecule has 8 heteroatoms. The predicted molar refractivity (Wildman–Crippen MR) is 132 cm³/mol. The van der Waals surface area contributed by atoms with Gasteiger partial charge < -0.3 is 18.9 Å². The van der Waals surface area contributed by atoms with Crippen LogP contribution in [0.2, 0.25) is 0 Å². The minimum absolute atomic E-state index is 0.0527. The second kappa shape index (κ2) is 15.9. The quantitative estimate of drug-likeness (QED) is 0.271. The average Bonchev–Trinajstić information content (AvgIpc) is 3.14. The van der Waals surface area contributed by atoms with Gasteiger partial charge in [0.1, 0.15) is 24.9 Å². The van der Waals surface area contributed by atoms with Crippen LogP contribution in [0.1, 0.15) is 84.8 Å². The summed E-state index contributed by atoms with van der Waals surface area (Å²) in [6.07, 6.45) is 14.4. The molecule has 2 rings (SSSR count). The van der Waals surface area contributed by atoms with Gasteiger partial charge in [0.05, 0.1) is 12.7 Å². The van der Waals surface area contributed by atoms with E-state index in [0.717, 1.165) is 32.1 Å². The molecule has 1 N–H and O–H groups in total. The lowest BCUT2D eigenvalue weighted by atomic mass is 10.0. The Morgan fingerprint density at radius 2 is 1.88 bits per heavy atom. The molecule has 1 aromatic heterocycles. The van der Waals surface area contributed by atoms with Crippen molar-refractivity contribution in [2.24, 2.45) is 0 Å². The van der Waals surface area contributed by atoms with Crippen molar-refractivity contribution in [3.05, 3.63) is 33.1 Å². The Morgan fingerprint density at radius 3 is 2.56 bits per heavy atom. The first-order chi connectivity index (χ1) is 16.5. The lowest BCUT2D eigenvalue weighted by Crippen LogP contribution is -2.42. The number of aromatic amines is 1. The van der Waals surface area contributed by atoms with Gasteiger partial charge in [-0.1, -0.05) is 65.2 Å². The molecular formula is C26H42N2O6. The molecule has 1 saturated heterocycles. The zero-order chi connectivity index (χ0) is 24.8. The number of terminal acetylenes is 1. The first-order valence-electron chi connectivity index (χ1n) is 12.8. The van der Waals surface area contributed by atoms with E-state index in [1.807, 2.05) is 6.92 Å². The number of hydrogen-bond acceptors (Lipinski definition) is 6. The zero-order valence-corrected chi connectivity index (χ0v) is 21.0. The largest absolute Gasteiger partial charge is 0.379 e. The number of nitrogens with one attached hydrogen (secondary N) is 1. The third-order valence-corrected chi connectivity index (χ3v) is 5.99. The Labute approximate surface area is 203 Å². The molecule has 0 aliphatic carbocycles. The first-order valence-corrected chi connectivity index (χ1v) is 12.8. The molecule has 0 spiro atoms. The summed E-state index contributed by atoms with van der Waals surface area (Å²) in [4.78, 5) is 26.4. The van der Waals surface area contributed by atoms with Gasteiger partial charge in [-0.15, -0.1) is 6.42 Å². The molecule has 5 unspecified atom stereocenters. The molecule has 34 heavy (non-hydrogen) atoms. The van der Waals surface area contributed by atoms with E-state index in [-0.39, 0.29) is 12.7 Å². The number of H-pyrrole nitrogens is 1. The molecule has 0 amide bonds. The van der Waals surface area contributed by atoms with Crippen molar-refractivity contribution in [1.82, 2.24) is 9.55 Å². The molecule has 0 aromatic carbocycles. The van der Waals surface area contributed by atoms with E-state index in [9.17, 15) is 9.59 Å². The molecule has 0 saturated carbocycles. The predicted octanol–water partition coefficient (Wildman–Crippen LogP) is 3.79. The molecule has 1 fully saturated rings. The van der Waals surface area contributed by atoms with E-state index >= 15 is 0 Å². The maximum absolute atomic E-state index is 12.5. The van der Waals surface area contributed by atoms with Crippen LogP contribution in [0, 0.1) is 12.3 Å². The standard InChI is InChI=1S/C26H42N2O6/c1-5-9-10-11-12-14-20(13-6-2)33-23-21(19-31-17-7-3)34-25(24(23)32-18-8-4)28-16-15-22(29)27-26(28)30/h4,15-16,20-21,23-25H,5-7,9-14,17-19H2,1-3H3,(H,27,29,30). The van der Waals surface area contributed by atoms with Crippen LogP contribution < -0.4 is 11.2 Å². The van der Waals surface area contributed by atoms with Crippen LogP contribution in [0.25, 0.3) is 0 Å². The van der Waals surface area contributed by atoms with Crippen LogP contribution in [0.3, 0.4) is 0 Å². The van der Waals surface area contributed by atoms with Gasteiger partial charge in [0.25, 0.3) is 5.56 Å². The van der Waals surface area contributed by atoms with E-state index < -0.39 is 35.8 Å². The molecule has 1 aliphatic rings. The zero-order valence-electron chi connectivity index (χ0n) is 21.0. The SMILES string of the molecule is C#CCOC1C(OC(CCC)CCCCCCC)C(COCCC)OC1n1ccc(=O)[nH]c1=O. The van der Waals surface area contributed by atoms with Crippen LogP contribution in [0.15, 0.2) is 21.9 Å². The van der Waals surface area contributed by atoms with E-state index in [2.05, 4.69) is 24.8 Å². The molecule has 0 bridgehead atoms. The topological polar surface area (TPSA) is 91.8 Å². The first kappa shape index (κ1) is 28.3. The van der Waals surface area contributed by atoms with Crippen molar-refractivity contribution in [2.45, 2.75) is 109 Å². The Balaban J connectivity index is 2.25. The Hall–Kier alpha value is -1.92. The monoisotopic (exact) mass is 478 g/mol. The molecule has 8 nitrogen and oxygen atoms in total. The molecular weight excluding hydrogens is 436 g/mol. The third-order valence-electron chi connectivity index (χ3n) is 5.99. The van der Waals surface area contributed by atoms with E-state index in [0.29, 0.717) is 13.2 Å². The van der Waals surface area contributed by atoms with Crippen molar-refractivity contribution in [1.29, 1.82) is 0 Å². The second-order valence-corrected chi connectivity index (χ2v) is 8.85. The number of aromatic nitrogens is 2. The Morgan fingerprint density at radius 1 is 1.09 bits per heavy atom. The summed E-state index contributed by atoms with van der Waals surface area (Å²) in [5.41, 5.74) is -1.04. The van der Waals surface area contributed by atoms with Gasteiger partial charge in [-0.3, -0.25) is 14.3 Å². The minimum atomic E-state index is -0.787. The summed E-state index contributed by atoms with van der Waals surface area (Å²) < 4.78 is 26.0. The summed E-state index contributed by atoms with van der Waals surface area (Å²) in [7, 11) is 0. The maximum atomic E-state index is 12.5. The number of nitrogens with zero attached hydrogens (tertiary/aromatic N) is 1. The highest BCUT2D eigenvalue weighted by atomic mass is 16.6. The van der Waals surface area contributed by atoms with Gasteiger partial charge in [-0.05, 0) is 19.3 Å². The third kappa shape index (κ3) is 8.70. The maximum Gasteiger partial charge on any atom is 0.330 e. The summed E-state index contributed by atoms with van der Waals surface area (Å²) >= 11 is 0. The number of ether oxygens (including phenoxy) is 4. The fraction of sp³-hybridized carbons (Fsp3) is 0.769. The van der Waals surface area contributed by atoms with Gasteiger partial charge in [0.2, 0.25) is 0 Å². The second-order valence-electron chi connectivity index (χ2n) is 8.85.